The van der Waals surface area contributed by atoms with Crippen LogP contribution in [0.5, 0.6) is 0 Å². The van der Waals surface area contributed by atoms with Crippen molar-refractivity contribution in [2.24, 2.45) is 0 Å². The highest BCUT2D eigenvalue weighted by Gasteiger charge is 2.37. The van der Waals surface area contributed by atoms with E-state index in [1.807, 2.05) is 31.2 Å². The Hall–Kier alpha value is -1.74. The first-order valence-corrected chi connectivity index (χ1v) is 12.4. The zero-order chi connectivity index (χ0) is 21.6. The lowest BCUT2D eigenvalue weighted by Crippen LogP contribution is -2.42. The standard InChI is InChI=1S/C22H27BrN2O4S/c1-2-29-15-5-13-24-22(26)16-21-20-7-4-3-6-17(20)12-14-25(21)30(27,28)19-10-8-18(23)9-11-19/h3-4,6-11,21H,2,5,12-16H2,1H3,(H,24,26). The summed E-state index contributed by atoms with van der Waals surface area (Å²) < 4.78 is 34.4. The lowest BCUT2D eigenvalue weighted by atomic mass is 9.92. The number of rotatable bonds is 9. The first-order chi connectivity index (χ1) is 14.4. The van der Waals surface area contributed by atoms with Crippen molar-refractivity contribution >= 4 is 31.9 Å². The Labute approximate surface area is 186 Å². The van der Waals surface area contributed by atoms with Gasteiger partial charge in [-0.2, -0.15) is 4.31 Å². The SMILES string of the molecule is CCOCCCNC(=O)CC1c2ccccc2CCN1S(=O)(=O)c1ccc(Br)cc1. The Kier molecular flexibility index (Phi) is 8.05. The fraction of sp³-hybridized carbons (Fsp3) is 0.409. The summed E-state index contributed by atoms with van der Waals surface area (Å²) in [6.45, 7) is 4.02. The number of hydrogen-bond donors (Lipinski definition) is 1. The van der Waals surface area contributed by atoms with Gasteiger partial charge >= 0.3 is 0 Å². The fourth-order valence-electron chi connectivity index (χ4n) is 3.66. The second-order valence-electron chi connectivity index (χ2n) is 7.14. The highest BCUT2D eigenvalue weighted by Crippen LogP contribution is 2.36. The third kappa shape index (κ3) is 5.49. The molecule has 0 saturated carbocycles. The van der Waals surface area contributed by atoms with Gasteiger partial charge in [-0.15, -0.1) is 0 Å². The minimum Gasteiger partial charge on any atom is -0.382 e. The number of ether oxygens (including phenoxy) is 1. The molecule has 0 saturated heterocycles. The molecule has 2 aromatic rings. The van der Waals surface area contributed by atoms with E-state index in [0.717, 1.165) is 22.0 Å². The van der Waals surface area contributed by atoms with Gasteiger partial charge < -0.3 is 10.1 Å². The zero-order valence-corrected chi connectivity index (χ0v) is 19.4. The number of fused-ring (bicyclic) bond motifs is 1. The van der Waals surface area contributed by atoms with E-state index in [-0.39, 0.29) is 17.2 Å². The third-order valence-corrected chi connectivity index (χ3v) is 7.61. The van der Waals surface area contributed by atoms with Crippen LogP contribution < -0.4 is 5.32 Å². The van der Waals surface area contributed by atoms with Gasteiger partial charge in [-0.3, -0.25) is 4.79 Å². The number of sulfonamides is 1. The summed E-state index contributed by atoms with van der Waals surface area (Å²) in [6.07, 6.45) is 1.43. The van der Waals surface area contributed by atoms with E-state index in [1.165, 1.54) is 4.31 Å². The molecule has 1 unspecified atom stereocenters. The Morgan fingerprint density at radius 2 is 1.93 bits per heavy atom. The van der Waals surface area contributed by atoms with Crippen LogP contribution in [0.3, 0.4) is 0 Å². The first-order valence-electron chi connectivity index (χ1n) is 10.1. The van der Waals surface area contributed by atoms with Crippen LogP contribution in [-0.4, -0.2) is 44.9 Å². The van der Waals surface area contributed by atoms with Crippen molar-refractivity contribution in [3.8, 4) is 0 Å². The molecular weight excluding hydrogens is 468 g/mol. The van der Waals surface area contributed by atoms with Crippen LogP contribution in [0.2, 0.25) is 0 Å². The number of halogens is 1. The molecule has 0 spiro atoms. The number of carbonyl (C=O) groups is 1. The molecule has 1 aliphatic heterocycles. The van der Waals surface area contributed by atoms with Crippen LogP contribution in [-0.2, 0) is 26.0 Å². The molecular formula is C22H27BrN2O4S. The zero-order valence-electron chi connectivity index (χ0n) is 17.0. The van der Waals surface area contributed by atoms with Gasteiger partial charge in [0, 0.05) is 37.2 Å². The maximum atomic E-state index is 13.4. The molecule has 3 rings (SSSR count). The molecule has 0 fully saturated rings. The third-order valence-electron chi connectivity index (χ3n) is 5.15. The highest BCUT2D eigenvalue weighted by atomic mass is 79.9. The summed E-state index contributed by atoms with van der Waals surface area (Å²) in [4.78, 5) is 12.9. The molecule has 0 aromatic heterocycles. The van der Waals surface area contributed by atoms with Crippen LogP contribution in [0, 0.1) is 0 Å². The average molecular weight is 495 g/mol. The van der Waals surface area contributed by atoms with Gasteiger partial charge in [0.05, 0.1) is 10.9 Å². The Morgan fingerprint density at radius 3 is 2.67 bits per heavy atom. The molecule has 1 N–H and O–H groups in total. The second-order valence-corrected chi connectivity index (χ2v) is 9.95. The van der Waals surface area contributed by atoms with Crippen molar-refractivity contribution in [1.29, 1.82) is 0 Å². The van der Waals surface area contributed by atoms with E-state index in [2.05, 4.69) is 21.2 Å². The van der Waals surface area contributed by atoms with Crippen LogP contribution >= 0.6 is 15.9 Å². The van der Waals surface area contributed by atoms with Gasteiger partial charge in [0.25, 0.3) is 0 Å². The maximum Gasteiger partial charge on any atom is 0.243 e. The second kappa shape index (κ2) is 10.5. The number of carbonyl (C=O) groups excluding carboxylic acids is 1. The van der Waals surface area contributed by atoms with E-state index >= 15 is 0 Å². The van der Waals surface area contributed by atoms with Gasteiger partial charge in [-0.25, -0.2) is 8.42 Å². The molecule has 8 heteroatoms. The molecule has 0 bridgehead atoms. The molecule has 2 aromatic carbocycles. The van der Waals surface area contributed by atoms with E-state index in [9.17, 15) is 13.2 Å². The molecule has 162 valence electrons. The van der Waals surface area contributed by atoms with Crippen molar-refractivity contribution in [3.63, 3.8) is 0 Å². The minimum absolute atomic E-state index is 0.0847. The molecule has 0 aliphatic carbocycles. The van der Waals surface area contributed by atoms with Crippen molar-refractivity contribution in [1.82, 2.24) is 9.62 Å². The predicted molar refractivity (Wildman–Crippen MR) is 120 cm³/mol. The lowest BCUT2D eigenvalue weighted by Gasteiger charge is -2.36. The average Bonchev–Trinajstić information content (AvgIpc) is 2.74. The molecule has 30 heavy (non-hydrogen) atoms. The topological polar surface area (TPSA) is 75.7 Å². The van der Waals surface area contributed by atoms with Crippen molar-refractivity contribution in [2.75, 3.05) is 26.3 Å². The highest BCUT2D eigenvalue weighted by molar-refractivity contribution is 9.10. The molecule has 1 aliphatic rings. The van der Waals surface area contributed by atoms with E-state index in [4.69, 9.17) is 4.74 Å². The predicted octanol–water partition coefficient (Wildman–Crippen LogP) is 3.67. The van der Waals surface area contributed by atoms with Gasteiger partial charge in [0.2, 0.25) is 15.9 Å². The molecule has 6 nitrogen and oxygen atoms in total. The van der Waals surface area contributed by atoms with Gasteiger partial charge in [0.15, 0.2) is 0 Å². The van der Waals surface area contributed by atoms with Crippen molar-refractivity contribution in [3.05, 3.63) is 64.1 Å². The van der Waals surface area contributed by atoms with Crippen molar-refractivity contribution in [2.45, 2.75) is 37.1 Å². The summed E-state index contributed by atoms with van der Waals surface area (Å²) in [5.41, 5.74) is 1.99. The quantitative estimate of drug-likeness (QED) is 0.539. The summed E-state index contributed by atoms with van der Waals surface area (Å²) >= 11 is 3.34. The first kappa shape index (κ1) is 22.9. The van der Waals surface area contributed by atoms with E-state index in [0.29, 0.717) is 32.7 Å². The molecule has 1 heterocycles. The van der Waals surface area contributed by atoms with Crippen LogP contribution in [0.25, 0.3) is 0 Å². The van der Waals surface area contributed by atoms with E-state index < -0.39 is 16.1 Å². The number of nitrogens with one attached hydrogen (secondary N) is 1. The Bertz CT molecular complexity index is 963. The van der Waals surface area contributed by atoms with Gasteiger partial charge in [0.1, 0.15) is 0 Å². The summed E-state index contributed by atoms with van der Waals surface area (Å²) in [5, 5.41) is 2.89. The Balaban J connectivity index is 1.81. The number of amides is 1. The lowest BCUT2D eigenvalue weighted by molar-refractivity contribution is -0.122. The van der Waals surface area contributed by atoms with Crippen LogP contribution in [0.4, 0.5) is 0 Å². The van der Waals surface area contributed by atoms with Gasteiger partial charge in [-0.05, 0) is 55.2 Å². The summed E-state index contributed by atoms with van der Waals surface area (Å²) in [7, 11) is -3.74. The Morgan fingerprint density at radius 1 is 1.20 bits per heavy atom. The smallest absolute Gasteiger partial charge is 0.243 e. The van der Waals surface area contributed by atoms with Crippen molar-refractivity contribution < 1.29 is 17.9 Å². The van der Waals surface area contributed by atoms with E-state index in [1.54, 1.807) is 24.3 Å². The largest absolute Gasteiger partial charge is 0.382 e. The van der Waals surface area contributed by atoms with Gasteiger partial charge in [-0.1, -0.05) is 40.2 Å². The molecule has 1 atom stereocenters. The maximum absolute atomic E-state index is 13.4. The number of hydrogen-bond acceptors (Lipinski definition) is 4. The van der Waals surface area contributed by atoms with Crippen LogP contribution in [0.15, 0.2) is 57.9 Å². The normalized spacial score (nSPS) is 16.8. The number of benzene rings is 2. The molecule has 0 radical (unpaired) electrons. The number of nitrogens with zero attached hydrogens (tertiary/aromatic N) is 1. The summed E-state index contributed by atoms with van der Waals surface area (Å²) in [5.74, 6) is -0.163. The molecule has 1 amide bonds. The minimum atomic E-state index is -3.74. The summed E-state index contributed by atoms with van der Waals surface area (Å²) in [6, 6.07) is 13.8. The fourth-order valence-corrected chi connectivity index (χ4v) is 5.53. The monoisotopic (exact) mass is 494 g/mol. The van der Waals surface area contributed by atoms with Crippen LogP contribution in [0.1, 0.15) is 36.9 Å².